The standard InChI is InChI=1S/C16H23NO4/c1-5-6-17-13(9-15(18)19)16(20)12-7-11(3)14(21-4)8-10(12)2/h7-8,13,17H,5-6,9H2,1-4H3,(H,18,19). The molecule has 116 valence electrons. The molecule has 21 heavy (non-hydrogen) atoms. The molecular formula is C16H23NO4. The van der Waals surface area contributed by atoms with E-state index in [-0.39, 0.29) is 12.2 Å². The SMILES string of the molecule is CCCNC(CC(=O)O)C(=O)c1cc(C)c(OC)cc1C. The van der Waals surface area contributed by atoms with Gasteiger partial charge in [-0.15, -0.1) is 0 Å². The molecule has 1 rings (SSSR count). The number of carboxylic acids is 1. The van der Waals surface area contributed by atoms with Crippen molar-refractivity contribution in [3.8, 4) is 5.75 Å². The topological polar surface area (TPSA) is 75.6 Å². The average Bonchev–Trinajstić information content (AvgIpc) is 2.44. The third-order valence-electron chi connectivity index (χ3n) is 3.34. The molecule has 2 N–H and O–H groups in total. The van der Waals surface area contributed by atoms with Crippen molar-refractivity contribution in [1.82, 2.24) is 5.32 Å². The van der Waals surface area contributed by atoms with Crippen LogP contribution in [0.3, 0.4) is 0 Å². The number of methoxy groups -OCH3 is 1. The second kappa shape index (κ2) is 7.78. The van der Waals surface area contributed by atoms with Gasteiger partial charge in [0.2, 0.25) is 0 Å². The lowest BCUT2D eigenvalue weighted by Gasteiger charge is -2.18. The van der Waals surface area contributed by atoms with Crippen LogP contribution in [0.15, 0.2) is 12.1 Å². The Hall–Kier alpha value is -1.88. The first-order chi connectivity index (χ1) is 9.90. The number of carboxylic acid groups (broad SMARTS) is 1. The number of hydrogen-bond acceptors (Lipinski definition) is 4. The van der Waals surface area contributed by atoms with Crippen LogP contribution < -0.4 is 10.1 Å². The van der Waals surface area contributed by atoms with Crippen LogP contribution in [0.4, 0.5) is 0 Å². The molecule has 0 amide bonds. The smallest absolute Gasteiger partial charge is 0.305 e. The summed E-state index contributed by atoms with van der Waals surface area (Å²) >= 11 is 0. The van der Waals surface area contributed by atoms with Gasteiger partial charge in [-0.05, 0) is 50.1 Å². The highest BCUT2D eigenvalue weighted by Gasteiger charge is 2.24. The lowest BCUT2D eigenvalue weighted by molar-refractivity contribution is -0.137. The number of Topliss-reactive ketones (excluding diaryl/α,β-unsaturated/α-hetero) is 1. The lowest BCUT2D eigenvalue weighted by atomic mass is 9.95. The molecule has 0 aliphatic rings. The van der Waals surface area contributed by atoms with Crippen LogP contribution in [0.5, 0.6) is 5.75 Å². The summed E-state index contributed by atoms with van der Waals surface area (Å²) in [5, 5.41) is 12.0. The van der Waals surface area contributed by atoms with Gasteiger partial charge in [0.15, 0.2) is 5.78 Å². The summed E-state index contributed by atoms with van der Waals surface area (Å²) in [4.78, 5) is 23.5. The maximum Gasteiger partial charge on any atom is 0.305 e. The van der Waals surface area contributed by atoms with E-state index in [0.717, 1.165) is 23.3 Å². The van der Waals surface area contributed by atoms with Crippen LogP contribution >= 0.6 is 0 Å². The molecule has 0 radical (unpaired) electrons. The van der Waals surface area contributed by atoms with Crippen molar-refractivity contribution in [3.05, 3.63) is 28.8 Å². The van der Waals surface area contributed by atoms with Crippen LogP contribution in [-0.2, 0) is 4.79 Å². The number of ether oxygens (including phenoxy) is 1. The van der Waals surface area contributed by atoms with Gasteiger partial charge in [0.25, 0.3) is 0 Å². The van der Waals surface area contributed by atoms with Gasteiger partial charge in [0.1, 0.15) is 5.75 Å². The summed E-state index contributed by atoms with van der Waals surface area (Å²) in [5.41, 5.74) is 2.19. The van der Waals surface area contributed by atoms with Crippen LogP contribution in [0.1, 0.15) is 41.3 Å². The Bertz CT molecular complexity index is 525. The molecule has 0 saturated heterocycles. The Morgan fingerprint density at radius 1 is 1.29 bits per heavy atom. The summed E-state index contributed by atoms with van der Waals surface area (Å²) in [5.74, 6) is -0.450. The van der Waals surface area contributed by atoms with Gasteiger partial charge >= 0.3 is 5.97 Å². The Balaban J connectivity index is 3.07. The lowest BCUT2D eigenvalue weighted by Crippen LogP contribution is -2.39. The number of nitrogens with one attached hydrogen (secondary N) is 1. The number of rotatable bonds is 8. The molecule has 1 aromatic carbocycles. The van der Waals surface area contributed by atoms with Gasteiger partial charge in [0, 0.05) is 5.56 Å². The van der Waals surface area contributed by atoms with Crippen LogP contribution in [0.25, 0.3) is 0 Å². The molecule has 5 heteroatoms. The molecular weight excluding hydrogens is 270 g/mol. The molecule has 0 aromatic heterocycles. The number of carbonyl (C=O) groups excluding carboxylic acids is 1. The number of ketones is 1. The minimum atomic E-state index is -0.986. The molecule has 1 unspecified atom stereocenters. The summed E-state index contributed by atoms with van der Waals surface area (Å²) in [6.45, 7) is 6.27. The van der Waals surface area contributed by atoms with Gasteiger partial charge in [-0.3, -0.25) is 9.59 Å². The minimum Gasteiger partial charge on any atom is -0.496 e. The van der Waals surface area contributed by atoms with Crippen molar-refractivity contribution in [2.45, 2.75) is 39.7 Å². The molecule has 0 spiro atoms. The van der Waals surface area contributed by atoms with Crippen molar-refractivity contribution in [2.75, 3.05) is 13.7 Å². The quantitative estimate of drug-likeness (QED) is 0.720. The normalized spacial score (nSPS) is 12.0. The Kier molecular flexibility index (Phi) is 6.37. The van der Waals surface area contributed by atoms with E-state index in [9.17, 15) is 9.59 Å². The fourth-order valence-electron chi connectivity index (χ4n) is 2.21. The van der Waals surface area contributed by atoms with E-state index in [1.54, 1.807) is 19.2 Å². The van der Waals surface area contributed by atoms with Crippen LogP contribution in [0.2, 0.25) is 0 Å². The van der Waals surface area contributed by atoms with Crippen molar-refractivity contribution < 1.29 is 19.4 Å². The van der Waals surface area contributed by atoms with E-state index in [0.29, 0.717) is 12.1 Å². The fraction of sp³-hybridized carbons (Fsp3) is 0.500. The van der Waals surface area contributed by atoms with E-state index >= 15 is 0 Å². The Labute approximate surface area is 125 Å². The molecule has 5 nitrogen and oxygen atoms in total. The van der Waals surface area contributed by atoms with Crippen molar-refractivity contribution >= 4 is 11.8 Å². The van der Waals surface area contributed by atoms with Crippen molar-refractivity contribution in [3.63, 3.8) is 0 Å². The van der Waals surface area contributed by atoms with Gasteiger partial charge in [-0.1, -0.05) is 6.92 Å². The summed E-state index contributed by atoms with van der Waals surface area (Å²) in [6, 6.07) is 2.87. The average molecular weight is 293 g/mol. The third kappa shape index (κ3) is 4.56. The van der Waals surface area contributed by atoms with Crippen molar-refractivity contribution in [2.24, 2.45) is 0 Å². The van der Waals surface area contributed by atoms with Crippen LogP contribution in [-0.4, -0.2) is 36.6 Å². The largest absolute Gasteiger partial charge is 0.496 e. The van der Waals surface area contributed by atoms with Crippen molar-refractivity contribution in [1.29, 1.82) is 0 Å². The Morgan fingerprint density at radius 3 is 2.48 bits per heavy atom. The Morgan fingerprint density at radius 2 is 1.95 bits per heavy atom. The molecule has 1 atom stereocenters. The molecule has 0 aliphatic carbocycles. The summed E-state index contributed by atoms with van der Waals surface area (Å²) in [7, 11) is 1.58. The predicted molar refractivity (Wildman–Crippen MR) is 81.1 cm³/mol. The first-order valence-electron chi connectivity index (χ1n) is 7.05. The van der Waals surface area contributed by atoms with Gasteiger partial charge in [0.05, 0.1) is 19.6 Å². The minimum absolute atomic E-state index is 0.186. The van der Waals surface area contributed by atoms with Gasteiger partial charge in [-0.2, -0.15) is 0 Å². The van der Waals surface area contributed by atoms with E-state index in [1.807, 2.05) is 20.8 Å². The maximum absolute atomic E-state index is 12.6. The number of aliphatic carboxylic acids is 1. The fourth-order valence-corrected chi connectivity index (χ4v) is 2.21. The molecule has 0 saturated carbocycles. The molecule has 0 heterocycles. The van der Waals surface area contributed by atoms with Gasteiger partial charge in [-0.25, -0.2) is 0 Å². The monoisotopic (exact) mass is 293 g/mol. The highest BCUT2D eigenvalue weighted by molar-refractivity contribution is 6.03. The van der Waals surface area contributed by atoms with E-state index in [4.69, 9.17) is 9.84 Å². The maximum atomic E-state index is 12.6. The predicted octanol–water partition coefficient (Wildman–Crippen LogP) is 2.34. The summed E-state index contributed by atoms with van der Waals surface area (Å²) < 4.78 is 5.23. The van der Waals surface area contributed by atoms with E-state index in [2.05, 4.69) is 5.32 Å². The number of aryl methyl sites for hydroxylation is 2. The third-order valence-corrected chi connectivity index (χ3v) is 3.34. The number of carbonyl (C=O) groups is 2. The molecule has 0 fully saturated rings. The van der Waals surface area contributed by atoms with E-state index in [1.165, 1.54) is 0 Å². The zero-order valence-electron chi connectivity index (χ0n) is 13.0. The number of benzene rings is 1. The molecule has 0 aliphatic heterocycles. The van der Waals surface area contributed by atoms with Gasteiger partial charge < -0.3 is 15.2 Å². The summed E-state index contributed by atoms with van der Waals surface area (Å²) in [6.07, 6.45) is 0.618. The zero-order chi connectivity index (χ0) is 16.0. The molecule has 0 bridgehead atoms. The molecule has 1 aromatic rings. The van der Waals surface area contributed by atoms with E-state index < -0.39 is 12.0 Å². The highest BCUT2D eigenvalue weighted by atomic mass is 16.5. The second-order valence-corrected chi connectivity index (χ2v) is 5.11. The second-order valence-electron chi connectivity index (χ2n) is 5.11. The number of hydrogen-bond donors (Lipinski definition) is 2. The first kappa shape index (κ1) is 17.2. The highest BCUT2D eigenvalue weighted by Crippen LogP contribution is 2.23. The van der Waals surface area contributed by atoms with Crippen LogP contribution in [0, 0.1) is 13.8 Å². The first-order valence-corrected chi connectivity index (χ1v) is 7.05. The zero-order valence-corrected chi connectivity index (χ0v) is 13.0.